The van der Waals surface area contributed by atoms with Crippen molar-refractivity contribution in [3.05, 3.63) is 107 Å². The van der Waals surface area contributed by atoms with Crippen LogP contribution in [0.2, 0.25) is 0 Å². The van der Waals surface area contributed by atoms with E-state index >= 15 is 0 Å². The maximum absolute atomic E-state index is 6.28. The molecule has 2 heterocycles. The standard InChI is InChI=1S/C31H33N7/c1-5-28-35-29-20(3)16-21(4)34-31(29)38(28)18-22-9-11-23(12-10-22)27-17-25(24-8-6-7-19(2)15-24)13-14-26(27)30(32)36-37-33/h6-17,37H,5,18,33H2,1-4H3,(H2,32,36). The topological polar surface area (TPSA) is 107 Å². The van der Waals surface area contributed by atoms with Crippen LogP contribution in [0.1, 0.15) is 40.7 Å². The van der Waals surface area contributed by atoms with Gasteiger partial charge in [-0.1, -0.05) is 67.1 Å². The van der Waals surface area contributed by atoms with Crippen LogP contribution in [-0.2, 0) is 13.0 Å². The highest BCUT2D eigenvalue weighted by Crippen LogP contribution is 2.31. The molecule has 7 heteroatoms. The number of benzene rings is 3. The average Bonchev–Trinajstić information content (AvgIpc) is 3.26. The minimum atomic E-state index is 0.330. The first-order valence-corrected chi connectivity index (χ1v) is 12.8. The highest BCUT2D eigenvalue weighted by molar-refractivity contribution is 6.04. The van der Waals surface area contributed by atoms with E-state index in [2.05, 4.69) is 103 Å². The normalized spacial score (nSPS) is 11.8. The van der Waals surface area contributed by atoms with Crippen LogP contribution in [-0.4, -0.2) is 20.4 Å². The number of imidazole rings is 1. The molecule has 0 radical (unpaired) electrons. The van der Waals surface area contributed by atoms with Gasteiger partial charge in [0.25, 0.3) is 0 Å². The highest BCUT2D eigenvalue weighted by Gasteiger charge is 2.15. The number of nitrogens with zero attached hydrogens (tertiary/aromatic N) is 4. The number of nitrogens with one attached hydrogen (secondary N) is 1. The lowest BCUT2D eigenvalue weighted by Gasteiger charge is -2.14. The van der Waals surface area contributed by atoms with Crippen LogP contribution >= 0.6 is 0 Å². The molecule has 0 unspecified atom stereocenters. The number of pyridine rings is 1. The number of nitrogens with two attached hydrogens (primary N) is 2. The lowest BCUT2D eigenvalue weighted by Crippen LogP contribution is -2.23. The molecule has 192 valence electrons. The zero-order chi connectivity index (χ0) is 26.8. The van der Waals surface area contributed by atoms with Gasteiger partial charge in [0.2, 0.25) is 0 Å². The summed E-state index contributed by atoms with van der Waals surface area (Å²) in [6, 6.07) is 25.3. The van der Waals surface area contributed by atoms with Crippen LogP contribution in [0.4, 0.5) is 0 Å². The Kier molecular flexibility index (Phi) is 6.94. The Labute approximate surface area is 223 Å². The van der Waals surface area contributed by atoms with Crippen molar-refractivity contribution in [2.45, 2.75) is 40.7 Å². The molecule has 0 aliphatic carbocycles. The molecule has 2 aromatic heterocycles. The third-order valence-electron chi connectivity index (χ3n) is 6.85. The SMILES string of the molecule is CCc1nc2c(C)cc(C)nc2n1Cc1ccc(-c2cc(-c3cccc(C)c3)ccc2/C(N)=N/NN)cc1. The quantitative estimate of drug-likeness (QED) is 0.120. The van der Waals surface area contributed by atoms with Crippen molar-refractivity contribution in [2.75, 3.05) is 0 Å². The smallest absolute Gasteiger partial charge is 0.160 e. The molecule has 38 heavy (non-hydrogen) atoms. The first-order valence-electron chi connectivity index (χ1n) is 12.8. The number of hydrazine groups is 1. The molecule has 0 saturated heterocycles. The second-order valence-electron chi connectivity index (χ2n) is 9.67. The fraction of sp³-hybridized carbons (Fsp3) is 0.194. The van der Waals surface area contributed by atoms with Gasteiger partial charge < -0.3 is 10.3 Å². The van der Waals surface area contributed by atoms with E-state index in [1.54, 1.807) is 0 Å². The average molecular weight is 504 g/mol. The van der Waals surface area contributed by atoms with Gasteiger partial charge in [0.05, 0.1) is 6.54 Å². The van der Waals surface area contributed by atoms with Crippen molar-refractivity contribution in [3.8, 4) is 22.3 Å². The summed E-state index contributed by atoms with van der Waals surface area (Å²) < 4.78 is 2.23. The van der Waals surface area contributed by atoms with E-state index in [1.165, 1.54) is 11.1 Å². The van der Waals surface area contributed by atoms with E-state index in [4.69, 9.17) is 21.5 Å². The first-order chi connectivity index (χ1) is 18.4. The van der Waals surface area contributed by atoms with Crippen molar-refractivity contribution >= 4 is 17.0 Å². The van der Waals surface area contributed by atoms with Gasteiger partial charge in [-0.2, -0.15) is 0 Å². The summed E-state index contributed by atoms with van der Waals surface area (Å²) in [6.45, 7) is 9.06. The Balaban J connectivity index is 1.54. The Morgan fingerprint density at radius 1 is 0.895 bits per heavy atom. The summed E-state index contributed by atoms with van der Waals surface area (Å²) >= 11 is 0. The molecule has 3 aromatic carbocycles. The minimum absolute atomic E-state index is 0.330. The van der Waals surface area contributed by atoms with E-state index in [0.717, 1.165) is 62.5 Å². The fourth-order valence-electron chi connectivity index (χ4n) is 5.00. The molecule has 5 N–H and O–H groups in total. The molecule has 0 amide bonds. The van der Waals surface area contributed by atoms with Gasteiger partial charge >= 0.3 is 0 Å². The first kappa shape index (κ1) is 25.2. The maximum atomic E-state index is 6.28. The van der Waals surface area contributed by atoms with Gasteiger partial charge in [0.15, 0.2) is 11.5 Å². The van der Waals surface area contributed by atoms with Gasteiger partial charge in [0.1, 0.15) is 11.3 Å². The number of aryl methyl sites for hydroxylation is 4. The lowest BCUT2D eigenvalue weighted by atomic mass is 9.93. The van der Waals surface area contributed by atoms with E-state index in [9.17, 15) is 0 Å². The molecule has 0 aliphatic rings. The summed E-state index contributed by atoms with van der Waals surface area (Å²) in [5, 5.41) is 4.03. The molecular formula is C31H33N7. The molecule has 0 bridgehead atoms. The predicted octanol–water partition coefficient (Wildman–Crippen LogP) is 5.38. The minimum Gasteiger partial charge on any atom is -0.382 e. The fourth-order valence-corrected chi connectivity index (χ4v) is 5.00. The molecule has 0 aliphatic heterocycles. The third kappa shape index (κ3) is 4.88. The number of hydrogen-bond donors (Lipinski definition) is 3. The molecule has 0 saturated carbocycles. The van der Waals surface area contributed by atoms with E-state index in [0.29, 0.717) is 12.4 Å². The lowest BCUT2D eigenvalue weighted by molar-refractivity contribution is 0.745. The summed E-state index contributed by atoms with van der Waals surface area (Å²) in [5.41, 5.74) is 20.2. The van der Waals surface area contributed by atoms with E-state index in [1.807, 2.05) is 13.0 Å². The van der Waals surface area contributed by atoms with Gasteiger partial charge in [-0.05, 0) is 72.4 Å². The van der Waals surface area contributed by atoms with Crippen LogP contribution in [0.3, 0.4) is 0 Å². The second kappa shape index (κ2) is 10.5. The summed E-state index contributed by atoms with van der Waals surface area (Å²) in [5.74, 6) is 6.80. The summed E-state index contributed by atoms with van der Waals surface area (Å²) in [6.07, 6.45) is 0.843. The largest absolute Gasteiger partial charge is 0.382 e. The summed E-state index contributed by atoms with van der Waals surface area (Å²) in [4.78, 5) is 9.70. The van der Waals surface area contributed by atoms with E-state index in [-0.39, 0.29) is 0 Å². The number of rotatable bonds is 7. The number of hydrogen-bond acceptors (Lipinski definition) is 5. The van der Waals surface area contributed by atoms with Gasteiger partial charge in [-0.15, -0.1) is 5.10 Å². The maximum Gasteiger partial charge on any atom is 0.160 e. The molecule has 5 aromatic rings. The third-order valence-corrected chi connectivity index (χ3v) is 6.85. The van der Waals surface area contributed by atoms with Crippen molar-refractivity contribution in [3.63, 3.8) is 0 Å². The second-order valence-corrected chi connectivity index (χ2v) is 9.67. The Hall–Kier alpha value is -4.49. The van der Waals surface area contributed by atoms with Gasteiger partial charge in [-0.3, -0.25) is 0 Å². The van der Waals surface area contributed by atoms with Crippen LogP contribution in [0.15, 0.2) is 77.9 Å². The highest BCUT2D eigenvalue weighted by atomic mass is 15.5. The van der Waals surface area contributed by atoms with Crippen molar-refractivity contribution in [1.29, 1.82) is 0 Å². The van der Waals surface area contributed by atoms with Crippen LogP contribution < -0.4 is 17.1 Å². The zero-order valence-electron chi connectivity index (χ0n) is 22.3. The van der Waals surface area contributed by atoms with Crippen molar-refractivity contribution in [2.24, 2.45) is 16.7 Å². The number of aromatic nitrogens is 3. The Morgan fingerprint density at radius 3 is 2.34 bits per heavy atom. The molecule has 7 nitrogen and oxygen atoms in total. The van der Waals surface area contributed by atoms with Gasteiger partial charge in [0, 0.05) is 17.7 Å². The molecule has 0 atom stereocenters. The van der Waals surface area contributed by atoms with Crippen molar-refractivity contribution in [1.82, 2.24) is 20.1 Å². The Bertz CT molecular complexity index is 1650. The number of hydrazone groups is 1. The number of amidine groups is 1. The molecular weight excluding hydrogens is 470 g/mol. The summed E-state index contributed by atoms with van der Waals surface area (Å²) in [7, 11) is 0. The van der Waals surface area contributed by atoms with E-state index < -0.39 is 0 Å². The molecule has 5 rings (SSSR count). The predicted molar refractivity (Wildman–Crippen MR) is 156 cm³/mol. The zero-order valence-corrected chi connectivity index (χ0v) is 22.3. The Morgan fingerprint density at radius 2 is 1.63 bits per heavy atom. The van der Waals surface area contributed by atoms with Crippen LogP contribution in [0.5, 0.6) is 0 Å². The molecule has 0 spiro atoms. The van der Waals surface area contributed by atoms with Crippen LogP contribution in [0.25, 0.3) is 33.4 Å². The molecule has 0 fully saturated rings. The number of fused-ring (bicyclic) bond motifs is 1. The monoisotopic (exact) mass is 503 g/mol. The van der Waals surface area contributed by atoms with Crippen molar-refractivity contribution < 1.29 is 0 Å². The van der Waals surface area contributed by atoms with Gasteiger partial charge in [-0.25, -0.2) is 21.3 Å². The van der Waals surface area contributed by atoms with Crippen LogP contribution in [0, 0.1) is 20.8 Å².